The van der Waals surface area contributed by atoms with Crippen molar-refractivity contribution in [1.29, 1.82) is 0 Å². The summed E-state index contributed by atoms with van der Waals surface area (Å²) in [5.41, 5.74) is 18.0. The summed E-state index contributed by atoms with van der Waals surface area (Å²) in [6.45, 7) is 0. The lowest BCUT2D eigenvalue weighted by Gasteiger charge is -2.17. The number of rotatable bonds is 0. The number of hydrogen-bond donors (Lipinski definition) is 0. The van der Waals surface area contributed by atoms with Crippen LogP contribution in [0.3, 0.4) is 0 Å². The predicted octanol–water partition coefficient (Wildman–Crippen LogP) is 7.16. The number of halogens is 1. The van der Waals surface area contributed by atoms with Crippen molar-refractivity contribution in [2.24, 2.45) is 0 Å². The van der Waals surface area contributed by atoms with E-state index in [2.05, 4.69) is 82.7 Å². The Balaban J connectivity index is 1.64. The Morgan fingerprint density at radius 1 is 0.500 bits per heavy atom. The van der Waals surface area contributed by atoms with E-state index in [9.17, 15) is 0 Å². The summed E-state index contributed by atoms with van der Waals surface area (Å²) in [6.07, 6.45) is 3.18. The summed E-state index contributed by atoms with van der Waals surface area (Å²) >= 11 is 3.68. The van der Waals surface area contributed by atoms with E-state index in [0.717, 1.165) is 19.3 Å². The Labute approximate surface area is 173 Å². The van der Waals surface area contributed by atoms with Crippen LogP contribution < -0.4 is 0 Å². The van der Waals surface area contributed by atoms with E-state index in [1.54, 1.807) is 16.7 Å². The number of fused-ring (bicyclic) bond motifs is 12. The molecule has 0 unspecified atom stereocenters. The fourth-order valence-corrected chi connectivity index (χ4v) is 6.17. The molecular weight excluding hydrogens is 404 g/mol. The zero-order valence-electron chi connectivity index (χ0n) is 15.4. The fourth-order valence-electron chi connectivity index (χ4n) is 5.76. The van der Waals surface area contributed by atoms with Gasteiger partial charge in [-0.05, 0) is 98.2 Å². The highest BCUT2D eigenvalue weighted by molar-refractivity contribution is 9.10. The van der Waals surface area contributed by atoms with Crippen molar-refractivity contribution >= 4 is 15.9 Å². The van der Waals surface area contributed by atoms with Crippen molar-refractivity contribution in [1.82, 2.24) is 0 Å². The highest BCUT2D eigenvalue weighted by Gasteiger charge is 2.36. The van der Waals surface area contributed by atoms with Crippen LogP contribution in [0.2, 0.25) is 0 Å². The third-order valence-corrected chi connectivity index (χ3v) is 7.33. The molecule has 0 saturated heterocycles. The van der Waals surface area contributed by atoms with Gasteiger partial charge in [0.2, 0.25) is 0 Å². The molecule has 0 saturated carbocycles. The first kappa shape index (κ1) is 15.3. The Hall–Kier alpha value is -2.64. The maximum Gasteiger partial charge on any atom is 0.0178 e. The van der Waals surface area contributed by atoms with Gasteiger partial charge in [-0.1, -0.05) is 70.5 Å². The summed E-state index contributed by atoms with van der Waals surface area (Å²) in [5, 5.41) is 0. The summed E-state index contributed by atoms with van der Waals surface area (Å²) in [4.78, 5) is 0. The van der Waals surface area contributed by atoms with Crippen LogP contribution in [-0.4, -0.2) is 0 Å². The Kier molecular flexibility index (Phi) is 2.86. The lowest BCUT2D eigenvalue weighted by Crippen LogP contribution is -1.97. The van der Waals surface area contributed by atoms with Crippen molar-refractivity contribution < 1.29 is 0 Å². The Morgan fingerprint density at radius 2 is 1.04 bits per heavy atom. The molecule has 0 heterocycles. The van der Waals surface area contributed by atoms with E-state index in [4.69, 9.17) is 0 Å². The average molecular weight is 421 g/mol. The average Bonchev–Trinajstić information content (AvgIpc) is 3.37. The van der Waals surface area contributed by atoms with Gasteiger partial charge in [0.25, 0.3) is 0 Å². The SMILES string of the molecule is Brc1ccc2c(c1)Cc1c3c(c4c(c1-2)Cc1ccccc1-4)-c1ccccc1C3. The first-order chi connectivity index (χ1) is 13.8. The highest BCUT2D eigenvalue weighted by Crippen LogP contribution is 2.56. The van der Waals surface area contributed by atoms with Crippen LogP contribution in [0, 0.1) is 0 Å². The van der Waals surface area contributed by atoms with E-state index in [1.807, 2.05) is 0 Å². The fraction of sp³-hybridized carbons (Fsp3) is 0.111. The van der Waals surface area contributed by atoms with E-state index >= 15 is 0 Å². The highest BCUT2D eigenvalue weighted by atomic mass is 79.9. The molecule has 0 atom stereocenters. The molecule has 28 heavy (non-hydrogen) atoms. The minimum Gasteiger partial charge on any atom is -0.0619 e. The third kappa shape index (κ3) is 1.81. The van der Waals surface area contributed by atoms with Crippen LogP contribution in [0.5, 0.6) is 0 Å². The van der Waals surface area contributed by atoms with E-state index < -0.39 is 0 Å². The Bertz CT molecular complexity index is 1340. The summed E-state index contributed by atoms with van der Waals surface area (Å²) in [6, 6.07) is 24.9. The third-order valence-electron chi connectivity index (χ3n) is 6.83. The first-order valence-electron chi connectivity index (χ1n) is 9.95. The van der Waals surface area contributed by atoms with Crippen molar-refractivity contribution in [2.75, 3.05) is 0 Å². The van der Waals surface area contributed by atoms with Crippen molar-refractivity contribution in [2.45, 2.75) is 19.3 Å². The van der Waals surface area contributed by atoms with Crippen LogP contribution >= 0.6 is 15.9 Å². The predicted molar refractivity (Wildman–Crippen MR) is 119 cm³/mol. The number of benzene rings is 4. The molecule has 1 heteroatoms. The molecule has 132 valence electrons. The van der Waals surface area contributed by atoms with Gasteiger partial charge in [0.15, 0.2) is 0 Å². The standard InChI is InChI=1S/C27H17Br/c28-18-9-10-21-17(11-18)14-22-23-12-15-5-1-3-7-19(15)26(23)27-20-8-4-2-6-16(20)13-24(27)25(21)22/h1-11H,12-14H2. The molecule has 0 aromatic heterocycles. The van der Waals surface area contributed by atoms with Crippen molar-refractivity contribution in [3.8, 4) is 33.4 Å². The second-order valence-corrected chi connectivity index (χ2v) is 9.12. The molecule has 0 nitrogen and oxygen atoms in total. The molecule has 0 spiro atoms. The molecule has 0 bridgehead atoms. The van der Waals surface area contributed by atoms with Crippen LogP contribution in [0.15, 0.2) is 71.2 Å². The first-order valence-corrected chi connectivity index (χ1v) is 10.7. The topological polar surface area (TPSA) is 0 Å². The summed E-state index contributed by atoms with van der Waals surface area (Å²) in [7, 11) is 0. The molecule has 0 amide bonds. The van der Waals surface area contributed by atoms with Gasteiger partial charge < -0.3 is 0 Å². The van der Waals surface area contributed by atoms with Gasteiger partial charge in [-0.2, -0.15) is 0 Å². The molecule has 0 aliphatic heterocycles. The Morgan fingerprint density at radius 3 is 1.79 bits per heavy atom. The monoisotopic (exact) mass is 420 g/mol. The quantitative estimate of drug-likeness (QED) is 0.244. The molecule has 0 fully saturated rings. The smallest absolute Gasteiger partial charge is 0.0178 e. The van der Waals surface area contributed by atoms with Gasteiger partial charge in [-0.25, -0.2) is 0 Å². The lowest BCUT2D eigenvalue weighted by atomic mass is 9.86. The van der Waals surface area contributed by atoms with Gasteiger partial charge >= 0.3 is 0 Å². The molecule has 0 N–H and O–H groups in total. The van der Waals surface area contributed by atoms with Crippen LogP contribution in [0.1, 0.15) is 33.4 Å². The van der Waals surface area contributed by atoms with E-state index in [1.165, 1.54) is 54.5 Å². The van der Waals surface area contributed by atoms with Crippen LogP contribution in [0.4, 0.5) is 0 Å². The maximum atomic E-state index is 3.68. The van der Waals surface area contributed by atoms with Crippen molar-refractivity contribution in [3.63, 3.8) is 0 Å². The number of hydrogen-bond acceptors (Lipinski definition) is 0. The molecule has 4 aromatic rings. The second kappa shape index (κ2) is 5.24. The summed E-state index contributed by atoms with van der Waals surface area (Å²) in [5.74, 6) is 0. The minimum absolute atomic E-state index is 1.05. The zero-order valence-corrected chi connectivity index (χ0v) is 16.9. The molecule has 3 aliphatic carbocycles. The molecule has 4 aromatic carbocycles. The molecular formula is C27H17Br. The molecule has 7 rings (SSSR count). The molecule has 0 radical (unpaired) electrons. The lowest BCUT2D eigenvalue weighted by molar-refractivity contribution is 1.15. The van der Waals surface area contributed by atoms with Gasteiger partial charge in [0.1, 0.15) is 0 Å². The van der Waals surface area contributed by atoms with Gasteiger partial charge in [-0.15, -0.1) is 0 Å². The maximum absolute atomic E-state index is 3.68. The zero-order chi connectivity index (χ0) is 18.4. The normalized spacial score (nSPS) is 14.2. The second-order valence-electron chi connectivity index (χ2n) is 8.21. The van der Waals surface area contributed by atoms with E-state index in [0.29, 0.717) is 0 Å². The van der Waals surface area contributed by atoms with E-state index in [-0.39, 0.29) is 0 Å². The minimum atomic E-state index is 1.05. The van der Waals surface area contributed by atoms with Gasteiger partial charge in [0.05, 0.1) is 0 Å². The molecule has 3 aliphatic rings. The largest absolute Gasteiger partial charge is 0.0619 e. The van der Waals surface area contributed by atoms with Gasteiger partial charge in [0, 0.05) is 4.47 Å². The summed E-state index contributed by atoms with van der Waals surface area (Å²) < 4.78 is 1.18. The van der Waals surface area contributed by atoms with Gasteiger partial charge in [-0.3, -0.25) is 0 Å². The van der Waals surface area contributed by atoms with Crippen molar-refractivity contribution in [3.05, 3.63) is 105 Å². The van der Waals surface area contributed by atoms with Crippen LogP contribution in [0.25, 0.3) is 33.4 Å². The van der Waals surface area contributed by atoms with Crippen LogP contribution in [-0.2, 0) is 19.3 Å².